The summed E-state index contributed by atoms with van der Waals surface area (Å²) in [5.41, 5.74) is 3.63. The Morgan fingerprint density at radius 1 is 1.22 bits per heavy atom. The summed E-state index contributed by atoms with van der Waals surface area (Å²) in [5, 5.41) is 13.3. The monoisotopic (exact) mass is 325 g/mol. The minimum atomic E-state index is -0.268. The predicted molar refractivity (Wildman–Crippen MR) is 95.0 cm³/mol. The molecule has 2 aromatic heterocycles. The van der Waals surface area contributed by atoms with Crippen molar-refractivity contribution < 1.29 is 5.11 Å². The van der Waals surface area contributed by atoms with Gasteiger partial charge in [0.2, 0.25) is 0 Å². The van der Waals surface area contributed by atoms with Crippen LogP contribution in [-0.2, 0) is 0 Å². The number of thiophene rings is 1. The summed E-state index contributed by atoms with van der Waals surface area (Å²) in [4.78, 5) is 12.2. The molecule has 1 aliphatic heterocycles. The molecule has 1 N–H and O–H groups in total. The van der Waals surface area contributed by atoms with Gasteiger partial charge >= 0.3 is 0 Å². The highest BCUT2D eigenvalue weighted by Crippen LogP contribution is 2.38. The fraction of sp³-hybridized carbons (Fsp3) is 0.333. The second-order valence-electron chi connectivity index (χ2n) is 6.13. The molecule has 0 saturated carbocycles. The molecule has 5 heteroatoms. The number of hydrogen-bond acceptors (Lipinski definition) is 5. The Bertz CT molecular complexity index is 828. The lowest BCUT2D eigenvalue weighted by Gasteiger charge is -2.31. The van der Waals surface area contributed by atoms with Gasteiger partial charge in [-0.05, 0) is 25.3 Å². The topological polar surface area (TPSA) is 49.2 Å². The number of nitrogens with zero attached hydrogens (tertiary/aromatic N) is 3. The van der Waals surface area contributed by atoms with E-state index < -0.39 is 0 Å². The number of hydrogen-bond donors (Lipinski definition) is 1. The quantitative estimate of drug-likeness (QED) is 0.782. The average Bonchev–Trinajstić information content (AvgIpc) is 3.00. The molecule has 1 aromatic carbocycles. The summed E-state index contributed by atoms with van der Waals surface area (Å²) in [6.45, 7) is 3.68. The van der Waals surface area contributed by atoms with E-state index in [1.165, 1.54) is 16.7 Å². The Labute approximate surface area is 139 Å². The molecule has 1 atom stereocenters. The van der Waals surface area contributed by atoms with E-state index in [1.54, 1.807) is 17.7 Å². The number of aliphatic hydroxyl groups excluding tert-OH is 1. The fourth-order valence-electron chi connectivity index (χ4n) is 3.19. The van der Waals surface area contributed by atoms with Crippen molar-refractivity contribution in [1.29, 1.82) is 0 Å². The third-order valence-corrected chi connectivity index (χ3v) is 5.30. The first kappa shape index (κ1) is 14.6. The van der Waals surface area contributed by atoms with Crippen molar-refractivity contribution >= 4 is 27.4 Å². The number of piperidine rings is 1. The molecule has 0 bridgehead atoms. The maximum absolute atomic E-state index is 10.00. The highest BCUT2D eigenvalue weighted by molar-refractivity contribution is 7.17. The van der Waals surface area contributed by atoms with Crippen LogP contribution in [0.3, 0.4) is 0 Å². The van der Waals surface area contributed by atoms with Gasteiger partial charge in [-0.2, -0.15) is 0 Å². The van der Waals surface area contributed by atoms with E-state index in [4.69, 9.17) is 0 Å². The molecule has 3 heterocycles. The minimum Gasteiger partial charge on any atom is -0.391 e. The van der Waals surface area contributed by atoms with Crippen molar-refractivity contribution in [3.8, 4) is 11.1 Å². The highest BCUT2D eigenvalue weighted by atomic mass is 32.1. The molecule has 0 radical (unpaired) electrons. The minimum absolute atomic E-state index is 0.268. The Kier molecular flexibility index (Phi) is 3.75. The summed E-state index contributed by atoms with van der Waals surface area (Å²) in [6.07, 6.45) is 3.24. The van der Waals surface area contributed by atoms with Crippen LogP contribution in [0.1, 0.15) is 18.4 Å². The zero-order valence-corrected chi connectivity index (χ0v) is 13.9. The van der Waals surface area contributed by atoms with Crippen molar-refractivity contribution in [2.45, 2.75) is 25.9 Å². The standard InChI is InChI=1S/C18H19N3OS/c1-12-4-6-13(7-5-12)15-10-23-18-16(15)17(19-11-20-18)21-8-2-3-14(22)9-21/h4-7,10-11,14,22H,2-3,8-9H2,1H3/t14-/m1/s1. The van der Waals surface area contributed by atoms with E-state index >= 15 is 0 Å². The van der Waals surface area contributed by atoms with Crippen LogP contribution in [0.5, 0.6) is 0 Å². The third-order valence-electron chi connectivity index (χ3n) is 4.41. The molecule has 1 fully saturated rings. The number of aryl methyl sites for hydroxylation is 1. The maximum Gasteiger partial charge on any atom is 0.141 e. The van der Waals surface area contributed by atoms with Gasteiger partial charge in [-0.25, -0.2) is 9.97 Å². The van der Waals surface area contributed by atoms with Crippen LogP contribution < -0.4 is 4.90 Å². The molecule has 0 spiro atoms. The summed E-state index contributed by atoms with van der Waals surface area (Å²) >= 11 is 1.65. The van der Waals surface area contributed by atoms with Gasteiger partial charge in [0.15, 0.2) is 0 Å². The maximum atomic E-state index is 10.00. The van der Waals surface area contributed by atoms with Gasteiger partial charge in [0.25, 0.3) is 0 Å². The van der Waals surface area contributed by atoms with E-state index in [0.29, 0.717) is 6.54 Å². The van der Waals surface area contributed by atoms with Crippen LogP contribution in [0.4, 0.5) is 5.82 Å². The number of aliphatic hydroxyl groups is 1. The van der Waals surface area contributed by atoms with E-state index in [0.717, 1.165) is 35.4 Å². The molecule has 23 heavy (non-hydrogen) atoms. The number of β-amino-alcohol motifs (C(OH)–C–C–N with tert-alkyl or cyclic N) is 1. The molecule has 3 aromatic rings. The van der Waals surface area contributed by atoms with Crippen LogP contribution in [0.2, 0.25) is 0 Å². The zero-order valence-electron chi connectivity index (χ0n) is 13.1. The second kappa shape index (κ2) is 5.91. The lowest BCUT2D eigenvalue weighted by atomic mass is 10.0. The molecule has 1 aliphatic rings. The summed E-state index contributed by atoms with van der Waals surface area (Å²) in [5.74, 6) is 0.950. The van der Waals surface area contributed by atoms with Gasteiger partial charge in [0.05, 0.1) is 11.5 Å². The first-order valence-electron chi connectivity index (χ1n) is 7.94. The van der Waals surface area contributed by atoms with Crippen molar-refractivity contribution in [2.75, 3.05) is 18.0 Å². The molecule has 1 saturated heterocycles. The Morgan fingerprint density at radius 3 is 2.83 bits per heavy atom. The number of rotatable bonds is 2. The van der Waals surface area contributed by atoms with E-state index in [-0.39, 0.29) is 6.10 Å². The van der Waals surface area contributed by atoms with Gasteiger partial charge in [-0.3, -0.25) is 0 Å². The number of fused-ring (bicyclic) bond motifs is 1. The molecule has 118 valence electrons. The van der Waals surface area contributed by atoms with E-state index in [1.807, 2.05) is 0 Å². The lowest BCUT2D eigenvalue weighted by Crippen LogP contribution is -2.38. The molecule has 0 aliphatic carbocycles. The highest BCUT2D eigenvalue weighted by Gasteiger charge is 2.23. The normalized spacial score (nSPS) is 18.5. The SMILES string of the molecule is Cc1ccc(-c2csc3ncnc(N4CCC[C@@H](O)C4)c23)cc1. The lowest BCUT2D eigenvalue weighted by molar-refractivity contribution is 0.154. The van der Waals surface area contributed by atoms with Gasteiger partial charge in [-0.15, -0.1) is 11.3 Å². The zero-order chi connectivity index (χ0) is 15.8. The van der Waals surface area contributed by atoms with Crippen LogP contribution >= 0.6 is 11.3 Å². The Balaban J connectivity index is 1.85. The number of benzene rings is 1. The van der Waals surface area contributed by atoms with Gasteiger partial charge in [0, 0.05) is 24.0 Å². The van der Waals surface area contributed by atoms with Crippen LogP contribution in [0.15, 0.2) is 36.0 Å². The number of anilines is 1. The first-order chi connectivity index (χ1) is 11.2. The van der Waals surface area contributed by atoms with E-state index in [9.17, 15) is 5.11 Å². The van der Waals surface area contributed by atoms with Crippen LogP contribution in [0, 0.1) is 6.92 Å². The van der Waals surface area contributed by atoms with Gasteiger partial charge in [0.1, 0.15) is 17.0 Å². The van der Waals surface area contributed by atoms with Crippen LogP contribution in [-0.4, -0.2) is 34.3 Å². The number of aromatic nitrogens is 2. The largest absolute Gasteiger partial charge is 0.391 e. The van der Waals surface area contributed by atoms with Gasteiger partial charge < -0.3 is 10.0 Å². The predicted octanol–water partition coefficient (Wildman–Crippen LogP) is 3.63. The molecule has 4 nitrogen and oxygen atoms in total. The summed E-state index contributed by atoms with van der Waals surface area (Å²) < 4.78 is 0. The Hall–Kier alpha value is -1.98. The molecular formula is C18H19N3OS. The van der Waals surface area contributed by atoms with E-state index in [2.05, 4.69) is 51.4 Å². The van der Waals surface area contributed by atoms with Crippen LogP contribution in [0.25, 0.3) is 21.3 Å². The smallest absolute Gasteiger partial charge is 0.141 e. The molecule has 0 unspecified atom stereocenters. The summed E-state index contributed by atoms with van der Waals surface area (Å²) in [6, 6.07) is 8.57. The summed E-state index contributed by atoms with van der Waals surface area (Å²) in [7, 11) is 0. The van der Waals surface area contributed by atoms with Crippen molar-refractivity contribution in [3.05, 3.63) is 41.5 Å². The van der Waals surface area contributed by atoms with Crippen molar-refractivity contribution in [2.24, 2.45) is 0 Å². The molecular weight excluding hydrogens is 306 g/mol. The third kappa shape index (κ3) is 2.71. The van der Waals surface area contributed by atoms with Crippen molar-refractivity contribution in [3.63, 3.8) is 0 Å². The molecule has 0 amide bonds. The Morgan fingerprint density at radius 2 is 2.04 bits per heavy atom. The fourth-order valence-corrected chi connectivity index (χ4v) is 4.10. The average molecular weight is 325 g/mol. The second-order valence-corrected chi connectivity index (χ2v) is 6.99. The van der Waals surface area contributed by atoms with Gasteiger partial charge in [-0.1, -0.05) is 29.8 Å². The van der Waals surface area contributed by atoms with Crippen molar-refractivity contribution in [1.82, 2.24) is 9.97 Å². The molecule has 4 rings (SSSR count). The first-order valence-corrected chi connectivity index (χ1v) is 8.82.